The van der Waals surface area contributed by atoms with Crippen molar-refractivity contribution < 1.29 is 24.3 Å². The van der Waals surface area contributed by atoms with E-state index < -0.39 is 16.5 Å². The topological polar surface area (TPSA) is 145 Å². The minimum Gasteiger partial charge on any atom is -0.497 e. The van der Waals surface area contributed by atoms with E-state index in [1.54, 1.807) is 43.3 Å². The highest BCUT2D eigenvalue weighted by molar-refractivity contribution is 7.20. The Morgan fingerprint density at radius 2 is 1.88 bits per heavy atom. The number of ether oxygens (including phenoxy) is 2. The van der Waals surface area contributed by atoms with Crippen LogP contribution >= 0.6 is 11.3 Å². The number of hydrogen-bond donors (Lipinski definition) is 2. The van der Waals surface area contributed by atoms with Crippen LogP contribution in [0.5, 0.6) is 17.2 Å². The van der Waals surface area contributed by atoms with Gasteiger partial charge in [-0.1, -0.05) is 12.1 Å². The van der Waals surface area contributed by atoms with Crippen molar-refractivity contribution in [2.24, 2.45) is 0 Å². The zero-order valence-corrected chi connectivity index (χ0v) is 18.7. The maximum Gasteiger partial charge on any atom is 0.346 e. The number of carboxylic acid groups (broad SMARTS) is 1. The van der Waals surface area contributed by atoms with E-state index in [4.69, 9.17) is 9.47 Å². The van der Waals surface area contributed by atoms with Crippen molar-refractivity contribution in [2.45, 2.75) is 6.92 Å². The van der Waals surface area contributed by atoms with Crippen molar-refractivity contribution in [1.29, 1.82) is 0 Å². The number of nitrogens with one attached hydrogen (secondary N) is 1. The summed E-state index contributed by atoms with van der Waals surface area (Å²) >= 11 is 0.915. The first-order chi connectivity index (χ1) is 16.3. The molecule has 4 rings (SSSR count). The Hall–Kier alpha value is -4.51. The number of carboxylic acids is 1. The molecule has 2 aromatic carbocycles. The highest BCUT2D eigenvalue weighted by Gasteiger charge is 2.19. The van der Waals surface area contributed by atoms with Crippen LogP contribution < -0.4 is 15.0 Å². The largest absolute Gasteiger partial charge is 0.497 e. The molecule has 0 bridgehead atoms. The lowest BCUT2D eigenvalue weighted by molar-refractivity contribution is -0.385. The quantitative estimate of drug-likeness (QED) is 0.282. The van der Waals surface area contributed by atoms with Gasteiger partial charge in [0.15, 0.2) is 0 Å². The van der Waals surface area contributed by atoms with Crippen molar-refractivity contribution in [3.05, 3.63) is 84.8 Å². The van der Waals surface area contributed by atoms with E-state index in [0.717, 1.165) is 11.3 Å². The number of methoxy groups -OCH3 is 1. The van der Waals surface area contributed by atoms with Gasteiger partial charge in [0.25, 0.3) is 5.56 Å². The third kappa shape index (κ3) is 4.50. The Morgan fingerprint density at radius 3 is 2.53 bits per heavy atom. The number of benzene rings is 2. The van der Waals surface area contributed by atoms with E-state index in [2.05, 4.69) is 9.97 Å². The van der Waals surface area contributed by atoms with Crippen LogP contribution in [0.25, 0.3) is 22.4 Å². The van der Waals surface area contributed by atoms with E-state index in [1.165, 1.54) is 25.3 Å². The molecule has 0 fully saturated rings. The van der Waals surface area contributed by atoms with Crippen LogP contribution in [0.4, 0.5) is 5.69 Å². The summed E-state index contributed by atoms with van der Waals surface area (Å²) in [6.07, 6.45) is 3.03. The molecule has 34 heavy (non-hydrogen) atoms. The van der Waals surface area contributed by atoms with Crippen molar-refractivity contribution in [3.63, 3.8) is 0 Å². The fourth-order valence-electron chi connectivity index (χ4n) is 3.26. The number of hydrogen-bond acceptors (Lipinski definition) is 8. The van der Waals surface area contributed by atoms with Gasteiger partial charge in [-0.15, -0.1) is 11.3 Å². The highest BCUT2D eigenvalue weighted by Crippen LogP contribution is 2.33. The van der Waals surface area contributed by atoms with Gasteiger partial charge < -0.3 is 19.6 Å². The molecule has 0 atom stereocenters. The number of aromatic amines is 1. The molecule has 0 spiro atoms. The molecule has 2 aromatic heterocycles. The Bertz CT molecular complexity index is 1500. The van der Waals surface area contributed by atoms with Crippen LogP contribution in [0.15, 0.2) is 47.3 Å². The number of H-pyrrole nitrogens is 1. The summed E-state index contributed by atoms with van der Waals surface area (Å²) < 4.78 is 10.7. The zero-order chi connectivity index (χ0) is 24.4. The Labute approximate surface area is 195 Å². The van der Waals surface area contributed by atoms with Gasteiger partial charge in [-0.25, -0.2) is 9.78 Å². The molecule has 0 unspecified atom stereocenters. The fourth-order valence-corrected chi connectivity index (χ4v) is 4.28. The Balaban J connectivity index is 1.63. The van der Waals surface area contributed by atoms with Gasteiger partial charge in [-0.2, -0.15) is 0 Å². The summed E-state index contributed by atoms with van der Waals surface area (Å²) in [6, 6.07) is 11.1. The van der Waals surface area contributed by atoms with Crippen molar-refractivity contribution >= 4 is 45.4 Å². The number of thiophene rings is 1. The SMILES string of the molecule is COc1ccc(Oc2ccc(C=Cc3nc4sc(C(=O)O)c(C)c4c(=O)[nH]3)cc2[N+](=O)[O-])cc1. The molecule has 0 aliphatic rings. The molecule has 0 saturated heterocycles. The smallest absolute Gasteiger partial charge is 0.346 e. The number of carbonyl (C=O) groups is 1. The summed E-state index contributed by atoms with van der Waals surface area (Å²) in [7, 11) is 1.53. The summed E-state index contributed by atoms with van der Waals surface area (Å²) in [6.45, 7) is 1.56. The van der Waals surface area contributed by atoms with Gasteiger partial charge in [0.1, 0.15) is 27.0 Å². The molecule has 0 radical (unpaired) electrons. The van der Waals surface area contributed by atoms with Crippen LogP contribution in [0.1, 0.15) is 26.6 Å². The second kappa shape index (κ2) is 9.16. The summed E-state index contributed by atoms with van der Waals surface area (Å²) in [5, 5.41) is 21.1. The molecule has 0 aliphatic heterocycles. The summed E-state index contributed by atoms with van der Waals surface area (Å²) in [4.78, 5) is 42.1. The summed E-state index contributed by atoms with van der Waals surface area (Å²) in [5.41, 5.74) is 0.139. The molecule has 11 heteroatoms. The normalized spacial score (nSPS) is 11.1. The molecule has 172 valence electrons. The first-order valence-electron chi connectivity index (χ1n) is 9.82. The molecule has 0 amide bonds. The number of nitro groups is 1. The second-order valence-electron chi connectivity index (χ2n) is 7.09. The average Bonchev–Trinajstić information content (AvgIpc) is 3.15. The minimum absolute atomic E-state index is 0.0530. The Kier molecular flexibility index (Phi) is 6.11. The van der Waals surface area contributed by atoms with Gasteiger partial charge in [0.05, 0.1) is 17.4 Å². The first-order valence-corrected chi connectivity index (χ1v) is 10.6. The number of aryl methyl sites for hydroxylation is 1. The van der Waals surface area contributed by atoms with Crippen LogP contribution in [0.3, 0.4) is 0 Å². The third-order valence-corrected chi connectivity index (χ3v) is 6.09. The molecule has 4 aromatic rings. The second-order valence-corrected chi connectivity index (χ2v) is 8.09. The lowest BCUT2D eigenvalue weighted by Crippen LogP contribution is -2.09. The summed E-state index contributed by atoms with van der Waals surface area (Å²) in [5.74, 6) is 0.173. The third-order valence-electron chi connectivity index (χ3n) is 4.91. The Morgan fingerprint density at radius 1 is 1.18 bits per heavy atom. The van der Waals surface area contributed by atoms with Crippen LogP contribution in [-0.2, 0) is 0 Å². The van der Waals surface area contributed by atoms with E-state index in [0.29, 0.717) is 27.5 Å². The van der Waals surface area contributed by atoms with E-state index in [9.17, 15) is 24.8 Å². The van der Waals surface area contributed by atoms with Crippen molar-refractivity contribution in [2.75, 3.05) is 7.11 Å². The monoisotopic (exact) mass is 479 g/mol. The van der Waals surface area contributed by atoms with E-state index in [1.807, 2.05) is 0 Å². The molecular weight excluding hydrogens is 462 g/mol. The molecule has 10 nitrogen and oxygen atoms in total. The fraction of sp³-hybridized carbons (Fsp3) is 0.0870. The van der Waals surface area contributed by atoms with Crippen molar-refractivity contribution in [3.8, 4) is 17.2 Å². The maximum absolute atomic E-state index is 12.4. The van der Waals surface area contributed by atoms with Crippen molar-refractivity contribution in [1.82, 2.24) is 9.97 Å². The van der Waals surface area contributed by atoms with Gasteiger partial charge in [-0.3, -0.25) is 14.9 Å². The number of fused-ring (bicyclic) bond motifs is 1. The lowest BCUT2D eigenvalue weighted by atomic mass is 10.1. The van der Waals surface area contributed by atoms with Gasteiger partial charge >= 0.3 is 11.7 Å². The van der Waals surface area contributed by atoms with Crippen LogP contribution in [-0.4, -0.2) is 33.1 Å². The van der Waals surface area contributed by atoms with Gasteiger partial charge in [0, 0.05) is 6.07 Å². The van der Waals surface area contributed by atoms with E-state index in [-0.39, 0.29) is 27.5 Å². The molecule has 2 N–H and O–H groups in total. The van der Waals surface area contributed by atoms with Gasteiger partial charge in [0.2, 0.25) is 5.75 Å². The zero-order valence-electron chi connectivity index (χ0n) is 17.9. The van der Waals surface area contributed by atoms with Gasteiger partial charge in [-0.05, 0) is 54.5 Å². The molecule has 0 saturated carbocycles. The predicted octanol–water partition coefficient (Wildman–Crippen LogP) is 4.87. The average molecular weight is 479 g/mol. The molecular formula is C23H17N3O7S. The lowest BCUT2D eigenvalue weighted by Gasteiger charge is -2.08. The first kappa shape index (κ1) is 22.7. The number of nitrogens with zero attached hydrogens (tertiary/aromatic N) is 2. The molecule has 2 heterocycles. The minimum atomic E-state index is -1.12. The number of rotatable bonds is 7. The number of aromatic carboxylic acids is 1. The predicted molar refractivity (Wildman–Crippen MR) is 127 cm³/mol. The number of nitro benzene ring substituents is 1. The van der Waals surface area contributed by atoms with Crippen LogP contribution in [0.2, 0.25) is 0 Å². The maximum atomic E-state index is 12.4. The van der Waals surface area contributed by atoms with Crippen LogP contribution in [0, 0.1) is 17.0 Å². The van der Waals surface area contributed by atoms with E-state index >= 15 is 0 Å². The number of aromatic nitrogens is 2. The highest BCUT2D eigenvalue weighted by atomic mass is 32.1. The standard InChI is InChI=1S/C23H17N3O7S/c1-12-19-21(27)24-18(25-22(19)34-20(12)23(28)29)10-4-13-3-9-17(16(11-13)26(30)31)33-15-7-5-14(32-2)6-8-15/h3-11H,1-2H3,(H,28,29)(H,24,25,27). The molecule has 0 aliphatic carbocycles.